The Bertz CT molecular complexity index is 1000. The summed E-state index contributed by atoms with van der Waals surface area (Å²) in [5.41, 5.74) is 1.05. The van der Waals surface area contributed by atoms with Crippen molar-refractivity contribution in [1.82, 2.24) is 10.2 Å². The topological polar surface area (TPSA) is 71.0 Å². The van der Waals surface area contributed by atoms with Crippen LogP contribution in [0.5, 0.6) is 5.75 Å². The van der Waals surface area contributed by atoms with E-state index in [0.717, 1.165) is 24.7 Å². The fourth-order valence-electron chi connectivity index (χ4n) is 4.72. The van der Waals surface area contributed by atoms with Crippen LogP contribution in [-0.2, 0) is 22.5 Å². The van der Waals surface area contributed by atoms with Crippen molar-refractivity contribution < 1.29 is 32.5 Å². The first-order valence-electron chi connectivity index (χ1n) is 11.5. The van der Waals surface area contributed by atoms with E-state index >= 15 is 0 Å². The summed E-state index contributed by atoms with van der Waals surface area (Å²) < 4.78 is 51.4. The van der Waals surface area contributed by atoms with E-state index in [-0.39, 0.29) is 36.9 Å². The third kappa shape index (κ3) is 7.49. The monoisotopic (exact) mass is 550 g/mol. The van der Waals surface area contributed by atoms with Crippen LogP contribution in [0.15, 0.2) is 36.4 Å². The van der Waals surface area contributed by atoms with Crippen molar-refractivity contribution in [3.63, 3.8) is 0 Å². The van der Waals surface area contributed by atoms with Crippen molar-refractivity contribution in [3.05, 3.63) is 65.0 Å². The van der Waals surface area contributed by atoms with Gasteiger partial charge in [-0.3, -0.25) is 4.90 Å². The van der Waals surface area contributed by atoms with Crippen LogP contribution in [0.4, 0.5) is 13.2 Å². The molecule has 6 nitrogen and oxygen atoms in total. The number of aliphatic carboxylic acids is 1. The maximum Gasteiger partial charge on any atom is 0.333 e. The Morgan fingerprint density at radius 3 is 2.33 bits per heavy atom. The molecule has 1 saturated carbocycles. The SMILES string of the molecule is CCO[C@H](Cc1ccc(OCCN[C@H]2C3CN(Cc4cc(F)c(F)cc4F)C[C@@H]32)cc1)C(=O)O.Cl.Cl. The van der Waals surface area contributed by atoms with Gasteiger partial charge in [0.25, 0.3) is 0 Å². The standard InChI is InChI=1S/C25H29F3N2O4.2ClH/c1-2-33-23(25(31)32)9-15-3-5-17(6-4-15)34-8-7-29-24-18-13-30(14-19(18)24)12-16-10-21(27)22(28)11-20(16)26;;/h3-6,10-11,18-19,23-24,29H,2,7-9,12-14H2,1H3,(H,31,32);2*1H/t18-,19?,23+,24+;;/m0../s1. The lowest BCUT2D eigenvalue weighted by molar-refractivity contribution is -0.149. The van der Waals surface area contributed by atoms with E-state index in [4.69, 9.17) is 9.47 Å². The Labute approximate surface area is 221 Å². The molecule has 2 fully saturated rings. The van der Waals surface area contributed by atoms with Crippen LogP contribution in [0.3, 0.4) is 0 Å². The second-order valence-corrected chi connectivity index (χ2v) is 8.84. The minimum Gasteiger partial charge on any atom is -0.492 e. The number of hydrogen-bond donors (Lipinski definition) is 2. The maximum atomic E-state index is 13.9. The van der Waals surface area contributed by atoms with Gasteiger partial charge in [0.15, 0.2) is 17.7 Å². The van der Waals surface area contributed by atoms with Gasteiger partial charge < -0.3 is 19.9 Å². The van der Waals surface area contributed by atoms with Crippen molar-refractivity contribution in [3.8, 4) is 5.75 Å². The Morgan fingerprint density at radius 1 is 1.08 bits per heavy atom. The number of fused-ring (bicyclic) bond motifs is 1. The molecule has 2 aromatic carbocycles. The van der Waals surface area contributed by atoms with Crippen LogP contribution in [-0.4, -0.2) is 61.0 Å². The van der Waals surface area contributed by atoms with Crippen molar-refractivity contribution in [2.45, 2.75) is 32.0 Å². The number of carboxylic acid groups (broad SMARTS) is 1. The molecule has 1 aliphatic heterocycles. The van der Waals surface area contributed by atoms with Gasteiger partial charge in [-0.1, -0.05) is 12.1 Å². The maximum absolute atomic E-state index is 13.9. The van der Waals surface area contributed by atoms with E-state index in [1.165, 1.54) is 0 Å². The molecule has 0 spiro atoms. The molecule has 1 aliphatic carbocycles. The number of carbonyl (C=O) groups is 1. The summed E-state index contributed by atoms with van der Waals surface area (Å²) in [6.45, 7) is 5.16. The number of nitrogens with zero attached hydrogens (tertiary/aromatic N) is 1. The lowest BCUT2D eigenvalue weighted by Crippen LogP contribution is -2.33. The Morgan fingerprint density at radius 2 is 1.72 bits per heavy atom. The zero-order chi connectivity index (χ0) is 24.2. The second kappa shape index (κ2) is 13.5. The fraction of sp³-hybridized carbons (Fsp3) is 0.480. The van der Waals surface area contributed by atoms with Crippen LogP contribution in [0.25, 0.3) is 0 Å². The van der Waals surface area contributed by atoms with Gasteiger partial charge in [-0.25, -0.2) is 18.0 Å². The lowest BCUT2D eigenvalue weighted by Gasteiger charge is -2.20. The first-order chi connectivity index (χ1) is 16.4. The molecule has 2 aliphatic rings. The molecule has 4 rings (SSSR count). The molecule has 4 atom stereocenters. The Kier molecular flexibility index (Phi) is 11.3. The van der Waals surface area contributed by atoms with Gasteiger partial charge in [-0.15, -0.1) is 24.8 Å². The van der Waals surface area contributed by atoms with Gasteiger partial charge in [-0.05, 0) is 42.5 Å². The fourth-order valence-corrected chi connectivity index (χ4v) is 4.72. The molecule has 2 aromatic rings. The first kappa shape index (κ1) is 30.2. The minimum absolute atomic E-state index is 0. The van der Waals surface area contributed by atoms with E-state index in [1.54, 1.807) is 6.92 Å². The van der Waals surface area contributed by atoms with Gasteiger partial charge in [-0.2, -0.15) is 0 Å². The van der Waals surface area contributed by atoms with Crippen molar-refractivity contribution in [2.24, 2.45) is 11.8 Å². The predicted molar refractivity (Wildman–Crippen MR) is 134 cm³/mol. The number of benzene rings is 2. The third-order valence-electron chi connectivity index (χ3n) is 6.49. The number of carboxylic acids is 1. The van der Waals surface area contributed by atoms with E-state index in [0.29, 0.717) is 55.9 Å². The van der Waals surface area contributed by atoms with Crippen molar-refractivity contribution in [1.29, 1.82) is 0 Å². The average Bonchev–Trinajstić information content (AvgIpc) is 3.25. The molecule has 1 saturated heterocycles. The number of ether oxygens (including phenoxy) is 2. The van der Waals surface area contributed by atoms with E-state index in [9.17, 15) is 23.1 Å². The molecule has 200 valence electrons. The number of likely N-dealkylation sites (tertiary alicyclic amines) is 1. The highest BCUT2D eigenvalue weighted by Crippen LogP contribution is 2.45. The van der Waals surface area contributed by atoms with E-state index in [2.05, 4.69) is 10.2 Å². The van der Waals surface area contributed by atoms with Crippen molar-refractivity contribution >= 4 is 30.8 Å². The highest BCUT2D eigenvalue weighted by atomic mass is 35.5. The number of rotatable bonds is 12. The molecule has 2 N–H and O–H groups in total. The summed E-state index contributed by atoms with van der Waals surface area (Å²) in [4.78, 5) is 13.3. The smallest absolute Gasteiger partial charge is 0.333 e. The number of halogens is 5. The average molecular weight is 551 g/mol. The molecule has 1 unspecified atom stereocenters. The molecular weight excluding hydrogens is 520 g/mol. The van der Waals surface area contributed by atoms with Gasteiger partial charge in [0.2, 0.25) is 0 Å². The second-order valence-electron chi connectivity index (χ2n) is 8.84. The predicted octanol–water partition coefficient (Wildman–Crippen LogP) is 4.08. The van der Waals surface area contributed by atoms with Gasteiger partial charge >= 0.3 is 5.97 Å². The first-order valence-corrected chi connectivity index (χ1v) is 11.5. The zero-order valence-corrected chi connectivity index (χ0v) is 21.4. The molecule has 0 amide bonds. The molecule has 0 bridgehead atoms. The van der Waals surface area contributed by atoms with Crippen molar-refractivity contribution in [2.75, 3.05) is 32.8 Å². The largest absolute Gasteiger partial charge is 0.492 e. The van der Waals surface area contributed by atoms with E-state index in [1.807, 2.05) is 24.3 Å². The van der Waals surface area contributed by atoms with Crippen LogP contribution >= 0.6 is 24.8 Å². The summed E-state index contributed by atoms with van der Waals surface area (Å²) >= 11 is 0. The van der Waals surface area contributed by atoms with Crippen LogP contribution in [0.2, 0.25) is 0 Å². The zero-order valence-electron chi connectivity index (χ0n) is 19.8. The van der Waals surface area contributed by atoms with Gasteiger partial charge in [0.05, 0.1) is 0 Å². The molecule has 1 heterocycles. The number of nitrogens with one attached hydrogen (secondary N) is 1. The Balaban J connectivity index is 0.00000228. The summed E-state index contributed by atoms with van der Waals surface area (Å²) in [6, 6.07) is 9.26. The quantitative estimate of drug-likeness (QED) is 0.306. The van der Waals surface area contributed by atoms with Crippen LogP contribution in [0, 0.1) is 29.3 Å². The van der Waals surface area contributed by atoms with Crippen LogP contribution < -0.4 is 10.1 Å². The molecule has 36 heavy (non-hydrogen) atoms. The Hall–Kier alpha value is -2.04. The van der Waals surface area contributed by atoms with Crippen LogP contribution in [0.1, 0.15) is 18.1 Å². The van der Waals surface area contributed by atoms with E-state index < -0.39 is 29.5 Å². The lowest BCUT2D eigenvalue weighted by atomic mass is 10.1. The molecule has 0 radical (unpaired) electrons. The summed E-state index contributed by atoms with van der Waals surface area (Å²) in [7, 11) is 0. The summed E-state index contributed by atoms with van der Waals surface area (Å²) in [5, 5.41) is 12.7. The highest BCUT2D eigenvalue weighted by Gasteiger charge is 2.55. The van der Waals surface area contributed by atoms with Gasteiger partial charge in [0, 0.05) is 56.9 Å². The summed E-state index contributed by atoms with van der Waals surface area (Å²) in [6.07, 6.45) is -0.555. The number of piperidine rings is 1. The molecule has 11 heteroatoms. The highest BCUT2D eigenvalue weighted by molar-refractivity contribution is 5.85. The third-order valence-corrected chi connectivity index (χ3v) is 6.49. The normalized spacial score (nSPS) is 21.2. The molecular formula is C25H31Cl2F3N2O4. The minimum atomic E-state index is -1.17. The molecule has 0 aromatic heterocycles. The van der Waals surface area contributed by atoms with Gasteiger partial charge in [0.1, 0.15) is 18.2 Å². The number of hydrogen-bond acceptors (Lipinski definition) is 5. The summed E-state index contributed by atoms with van der Waals surface area (Å²) in [5.74, 6) is -2.22.